The maximum absolute atomic E-state index is 12.3. The summed E-state index contributed by atoms with van der Waals surface area (Å²) in [5.74, 6) is -0.171. The monoisotopic (exact) mass is 362 g/mol. The smallest absolute Gasteiger partial charge is 0.161 e. The number of hydrogen-bond acceptors (Lipinski definition) is 5. The van der Waals surface area contributed by atoms with Crippen molar-refractivity contribution in [3.8, 4) is 0 Å². The zero-order valence-electron chi connectivity index (χ0n) is 15.5. The predicted molar refractivity (Wildman–Crippen MR) is 95.2 cm³/mol. The van der Waals surface area contributed by atoms with Gasteiger partial charge in [-0.05, 0) is 62.9 Å². The van der Waals surface area contributed by atoms with Gasteiger partial charge in [-0.2, -0.15) is 0 Å². The highest BCUT2D eigenvalue weighted by Gasteiger charge is 2.67. The lowest BCUT2D eigenvalue weighted by Crippen LogP contribution is -2.64. The standard InChI is InChI=1S/C21H30O5/c1-19-7-6-14(24)10-13(19)2-3-16-15-4-5-17(18(25)11-22)20(15,12-23)8-9-21(16,19)26/h10,15-17,22-23,26H,2-9,11-12H2,1H3/t15-,16-,17+,19-,20+,21+/m0/s1. The molecule has 4 aliphatic rings. The molecule has 0 aromatic heterocycles. The first-order valence-electron chi connectivity index (χ1n) is 10.0. The third-order valence-corrected chi connectivity index (χ3v) is 8.70. The van der Waals surface area contributed by atoms with Gasteiger partial charge in [-0.1, -0.05) is 12.5 Å². The first kappa shape index (κ1) is 18.3. The van der Waals surface area contributed by atoms with Crippen molar-refractivity contribution in [2.75, 3.05) is 13.2 Å². The van der Waals surface area contributed by atoms with Gasteiger partial charge in [0, 0.05) is 29.8 Å². The van der Waals surface area contributed by atoms with Gasteiger partial charge >= 0.3 is 0 Å². The third-order valence-electron chi connectivity index (χ3n) is 8.70. The maximum Gasteiger partial charge on any atom is 0.161 e. The minimum atomic E-state index is -0.877. The molecule has 0 aromatic rings. The Kier molecular flexibility index (Phi) is 4.22. The van der Waals surface area contributed by atoms with Crippen LogP contribution in [-0.4, -0.2) is 45.7 Å². The van der Waals surface area contributed by atoms with Crippen LogP contribution in [0.5, 0.6) is 0 Å². The molecule has 0 heterocycles. The predicted octanol–water partition coefficient (Wildman–Crippen LogP) is 1.78. The summed E-state index contributed by atoms with van der Waals surface area (Å²) >= 11 is 0. The van der Waals surface area contributed by atoms with Gasteiger partial charge in [-0.3, -0.25) is 9.59 Å². The Hall–Kier alpha value is -1.04. The SMILES string of the molecule is C[C@]12CCC(=O)C=C1CC[C@H]1[C@@H]3CC[C@H](C(=O)CO)[C@@]3(CO)CC[C@@]12O. The van der Waals surface area contributed by atoms with Crippen molar-refractivity contribution >= 4 is 11.6 Å². The summed E-state index contributed by atoms with van der Waals surface area (Å²) in [5, 5.41) is 31.6. The Morgan fingerprint density at radius 3 is 2.58 bits per heavy atom. The molecular weight excluding hydrogens is 332 g/mol. The van der Waals surface area contributed by atoms with Gasteiger partial charge in [0.05, 0.1) is 5.60 Å². The van der Waals surface area contributed by atoms with E-state index in [4.69, 9.17) is 0 Å². The zero-order chi connectivity index (χ0) is 18.7. The van der Waals surface area contributed by atoms with E-state index in [9.17, 15) is 24.9 Å². The minimum Gasteiger partial charge on any atom is -0.396 e. The molecule has 0 amide bonds. The van der Waals surface area contributed by atoms with E-state index in [1.165, 1.54) is 0 Å². The lowest BCUT2D eigenvalue weighted by Gasteiger charge is -2.63. The number of aliphatic hydroxyl groups excluding tert-OH is 2. The van der Waals surface area contributed by atoms with Gasteiger partial charge < -0.3 is 15.3 Å². The van der Waals surface area contributed by atoms with Crippen LogP contribution in [0.4, 0.5) is 0 Å². The van der Waals surface area contributed by atoms with Crippen LogP contribution in [0.1, 0.15) is 58.3 Å². The van der Waals surface area contributed by atoms with Gasteiger partial charge in [0.2, 0.25) is 0 Å². The average Bonchev–Trinajstić information content (AvgIpc) is 3.02. The van der Waals surface area contributed by atoms with Gasteiger partial charge in [-0.15, -0.1) is 0 Å². The highest BCUT2D eigenvalue weighted by Crippen LogP contribution is 2.68. The number of ketones is 2. The second kappa shape index (κ2) is 5.98. The van der Waals surface area contributed by atoms with E-state index >= 15 is 0 Å². The van der Waals surface area contributed by atoms with Gasteiger partial charge in [0.15, 0.2) is 11.6 Å². The molecule has 4 aliphatic carbocycles. The van der Waals surface area contributed by atoms with Crippen molar-refractivity contribution in [2.45, 2.75) is 63.9 Å². The molecule has 0 unspecified atom stereocenters. The molecule has 0 bridgehead atoms. The molecule has 3 saturated carbocycles. The molecule has 4 rings (SSSR count). The lowest BCUT2D eigenvalue weighted by atomic mass is 9.44. The van der Waals surface area contributed by atoms with Crippen LogP contribution in [0.15, 0.2) is 11.6 Å². The van der Waals surface area contributed by atoms with Crippen molar-refractivity contribution in [3.63, 3.8) is 0 Å². The van der Waals surface area contributed by atoms with Crippen LogP contribution in [-0.2, 0) is 9.59 Å². The summed E-state index contributed by atoms with van der Waals surface area (Å²) in [6, 6.07) is 0. The summed E-state index contributed by atoms with van der Waals surface area (Å²) in [7, 11) is 0. The molecule has 26 heavy (non-hydrogen) atoms. The molecule has 0 aliphatic heterocycles. The summed E-state index contributed by atoms with van der Waals surface area (Å²) < 4.78 is 0. The topological polar surface area (TPSA) is 94.8 Å². The molecule has 0 aromatic carbocycles. The fourth-order valence-corrected chi connectivity index (χ4v) is 7.22. The molecular formula is C21H30O5. The Bertz CT molecular complexity index is 669. The first-order chi connectivity index (χ1) is 12.3. The zero-order valence-corrected chi connectivity index (χ0v) is 15.5. The Morgan fingerprint density at radius 1 is 1.12 bits per heavy atom. The Balaban J connectivity index is 1.73. The minimum absolute atomic E-state index is 0.0373. The molecule has 0 radical (unpaired) electrons. The van der Waals surface area contributed by atoms with E-state index < -0.39 is 17.6 Å². The normalized spacial score (nSPS) is 47.6. The van der Waals surface area contributed by atoms with Crippen LogP contribution < -0.4 is 0 Å². The van der Waals surface area contributed by atoms with Crippen molar-refractivity contribution in [1.82, 2.24) is 0 Å². The number of Topliss-reactive ketones (excluding diaryl/α,β-unsaturated/α-hetero) is 1. The lowest BCUT2D eigenvalue weighted by molar-refractivity contribution is -0.201. The molecule has 0 spiro atoms. The molecule has 0 saturated heterocycles. The number of hydrogen-bond donors (Lipinski definition) is 3. The van der Waals surface area contributed by atoms with E-state index in [0.717, 1.165) is 24.8 Å². The Labute approximate surface area is 154 Å². The maximum atomic E-state index is 12.3. The summed E-state index contributed by atoms with van der Waals surface area (Å²) in [6.45, 7) is 1.58. The van der Waals surface area contributed by atoms with Crippen LogP contribution >= 0.6 is 0 Å². The van der Waals surface area contributed by atoms with E-state index in [-0.39, 0.29) is 41.3 Å². The summed E-state index contributed by atoms with van der Waals surface area (Å²) in [6.07, 6.45) is 7.20. The average molecular weight is 362 g/mol. The van der Waals surface area contributed by atoms with Crippen molar-refractivity contribution < 1.29 is 24.9 Å². The van der Waals surface area contributed by atoms with Crippen LogP contribution in [0, 0.1) is 28.6 Å². The van der Waals surface area contributed by atoms with E-state index in [2.05, 4.69) is 6.92 Å². The molecule has 5 nitrogen and oxygen atoms in total. The van der Waals surface area contributed by atoms with Gasteiger partial charge in [0.25, 0.3) is 0 Å². The van der Waals surface area contributed by atoms with E-state index in [1.54, 1.807) is 6.08 Å². The van der Waals surface area contributed by atoms with E-state index in [0.29, 0.717) is 32.1 Å². The van der Waals surface area contributed by atoms with Crippen LogP contribution in [0.25, 0.3) is 0 Å². The van der Waals surface area contributed by atoms with Crippen molar-refractivity contribution in [3.05, 3.63) is 11.6 Å². The van der Waals surface area contributed by atoms with Crippen LogP contribution in [0.3, 0.4) is 0 Å². The van der Waals surface area contributed by atoms with Crippen molar-refractivity contribution in [2.24, 2.45) is 28.6 Å². The summed E-state index contributed by atoms with van der Waals surface area (Å²) in [5.41, 5.74) is -0.674. The number of carbonyl (C=O) groups is 2. The Morgan fingerprint density at radius 2 is 1.88 bits per heavy atom. The largest absolute Gasteiger partial charge is 0.396 e. The van der Waals surface area contributed by atoms with E-state index in [1.807, 2.05) is 0 Å². The molecule has 6 atom stereocenters. The number of rotatable bonds is 3. The third kappa shape index (κ3) is 2.14. The molecule has 3 fully saturated rings. The second-order valence-corrected chi connectivity index (χ2v) is 9.29. The van der Waals surface area contributed by atoms with Crippen molar-refractivity contribution in [1.29, 1.82) is 0 Å². The van der Waals surface area contributed by atoms with Crippen LogP contribution in [0.2, 0.25) is 0 Å². The first-order valence-corrected chi connectivity index (χ1v) is 10.0. The number of fused-ring (bicyclic) bond motifs is 5. The molecule has 144 valence electrons. The molecule has 5 heteroatoms. The highest BCUT2D eigenvalue weighted by molar-refractivity contribution is 5.91. The number of carbonyl (C=O) groups excluding carboxylic acids is 2. The van der Waals surface area contributed by atoms with Gasteiger partial charge in [-0.25, -0.2) is 0 Å². The number of aliphatic hydroxyl groups is 3. The highest BCUT2D eigenvalue weighted by atomic mass is 16.3. The molecule has 3 N–H and O–H groups in total. The fourth-order valence-electron chi connectivity index (χ4n) is 7.22. The van der Waals surface area contributed by atoms with Gasteiger partial charge in [0.1, 0.15) is 6.61 Å². The second-order valence-electron chi connectivity index (χ2n) is 9.29. The summed E-state index contributed by atoms with van der Waals surface area (Å²) in [4.78, 5) is 24.2. The fraction of sp³-hybridized carbons (Fsp3) is 0.810. The quantitative estimate of drug-likeness (QED) is 0.711.